The fourth-order valence-electron chi connectivity index (χ4n) is 5.41. The van der Waals surface area contributed by atoms with Gasteiger partial charge in [-0.2, -0.15) is 28.2 Å². The van der Waals surface area contributed by atoms with Crippen LogP contribution in [0.3, 0.4) is 0 Å². The largest absolute Gasteiger partial charge is 3.00 e. The monoisotopic (exact) mass is 2390 g/mol. The summed E-state index contributed by atoms with van der Waals surface area (Å²) in [7, 11) is 0. The Bertz CT molecular complexity index is 1620. The number of halogens is 12. The summed E-state index contributed by atoms with van der Waals surface area (Å²) in [6, 6.07) is 12.3. The maximum absolute atomic E-state index is 4.80. The van der Waals surface area contributed by atoms with E-state index in [1.807, 2.05) is 24.3 Å². The van der Waals surface area contributed by atoms with E-state index < -0.39 is 0 Å². The summed E-state index contributed by atoms with van der Waals surface area (Å²) in [4.78, 5) is 9.60. The number of hydrogen-bond acceptors (Lipinski definition) is 2. The molecule has 64 heavy (non-hydrogen) atoms. The van der Waals surface area contributed by atoms with Crippen molar-refractivity contribution in [1.29, 1.82) is 0 Å². The van der Waals surface area contributed by atoms with Crippen molar-refractivity contribution in [2.24, 2.45) is 0 Å². The van der Waals surface area contributed by atoms with Crippen molar-refractivity contribution in [3.8, 4) is 23.3 Å². The van der Waals surface area contributed by atoms with Crippen molar-refractivity contribution in [2.75, 3.05) is 0 Å². The molecule has 0 unspecified atom stereocenters. The molecule has 0 radical (unpaired) electrons. The summed E-state index contributed by atoms with van der Waals surface area (Å²) in [5.41, 5.74) is 0. The van der Waals surface area contributed by atoms with Crippen molar-refractivity contribution in [3.63, 3.8) is 0 Å². The molecule has 0 saturated heterocycles. The molecule has 0 N–H and O–H groups in total. The molecule has 0 atom stereocenters. The summed E-state index contributed by atoms with van der Waals surface area (Å²) < 4.78 is 17.2. The molecule has 0 aromatic carbocycles. The Kier molecular flexibility index (Phi) is 85.3. The topological polar surface area (TPSA) is 61.0 Å². The van der Waals surface area contributed by atoms with Crippen LogP contribution in [0.4, 0.5) is 0 Å². The zero-order chi connectivity index (χ0) is 33.6. The number of pyridine rings is 2. The Morgan fingerprint density at radius 1 is 0.359 bits per heavy atom. The average Bonchev–Trinajstić information content (AvgIpc) is 3.96. The van der Waals surface area contributed by atoms with E-state index in [0.717, 1.165) is 49.5 Å². The molecule has 0 saturated carbocycles. The predicted octanol–water partition coefficient (Wildman–Crippen LogP) is -30.3. The first-order valence-electron chi connectivity index (χ1n) is 17.8. The van der Waals surface area contributed by atoms with Crippen LogP contribution in [0.25, 0.3) is 23.3 Å². The van der Waals surface area contributed by atoms with Crippen LogP contribution in [0.1, 0.15) is 79.1 Å². The maximum atomic E-state index is 4.80. The molecule has 10 nitrogen and oxygen atoms in total. The minimum absolute atomic E-state index is 0. The number of nitrogens with zero attached hydrogens (tertiary/aromatic N) is 10. The first-order valence-corrected chi connectivity index (χ1v) is 17.8. The smallest absolute Gasteiger partial charge is 1.00 e. The number of hydrogen-bond donors (Lipinski definition) is 0. The fourth-order valence-corrected chi connectivity index (χ4v) is 5.41. The van der Waals surface area contributed by atoms with Crippen LogP contribution < -0.4 is 222 Å². The maximum Gasteiger partial charge on any atom is 3.00 e. The molecule has 0 aliphatic carbocycles. The molecule has 0 spiro atoms. The second-order valence-corrected chi connectivity index (χ2v) is 12.4. The van der Waals surface area contributed by atoms with Gasteiger partial charge in [-0.05, 0) is 25.7 Å². The molecule has 0 aliphatic heterocycles. The molecule has 0 fully saturated rings. The van der Waals surface area contributed by atoms with Gasteiger partial charge in [-0.3, -0.25) is 0 Å². The van der Waals surface area contributed by atoms with Gasteiger partial charge in [-0.25, -0.2) is 18.3 Å². The van der Waals surface area contributed by atoms with Gasteiger partial charge in [0.2, 0.25) is 48.6 Å². The first-order chi connectivity index (χ1) is 23.6. The van der Waals surface area contributed by atoms with E-state index in [4.69, 9.17) is 9.97 Å². The summed E-state index contributed by atoms with van der Waals surface area (Å²) in [5.74, 6) is 3.77. The summed E-state index contributed by atoms with van der Waals surface area (Å²) in [6.07, 6.45) is 34.8. The zero-order valence-electron chi connectivity index (χ0n) is 35.1. The van der Waals surface area contributed by atoms with Crippen LogP contribution in [0, 0.1) is 0 Å². The third-order valence-corrected chi connectivity index (χ3v) is 8.34. The van der Waals surface area contributed by atoms with Gasteiger partial charge in [-0.15, -0.1) is 0 Å². The molecule has 6 heterocycles. The van der Waals surface area contributed by atoms with Crippen LogP contribution in [-0.2, 0) is 116 Å². The fraction of sp³-hybridized carbons (Fsp3) is 0.421. The van der Waals surface area contributed by atoms with E-state index in [0.29, 0.717) is 0 Å². The quantitative estimate of drug-likeness (QED) is 0.0716. The Morgan fingerprint density at radius 2 is 0.547 bits per heavy atom. The van der Waals surface area contributed by atoms with E-state index in [2.05, 4.69) is 151 Å². The van der Waals surface area contributed by atoms with Crippen molar-refractivity contribution >= 4 is 0 Å². The number of imidazole rings is 4. The van der Waals surface area contributed by atoms with E-state index in [1.165, 1.54) is 51.4 Å². The molecule has 0 aliphatic rings. The molecule has 384 valence electrons. The predicted molar refractivity (Wildman–Crippen MR) is 186 cm³/mol. The molecule has 26 heteroatoms. The first kappa shape index (κ1) is 97.2. The van der Waals surface area contributed by atoms with Crippen molar-refractivity contribution in [3.05, 3.63) is 111 Å². The minimum atomic E-state index is 0. The third kappa shape index (κ3) is 32.8. The summed E-state index contributed by atoms with van der Waals surface area (Å²) in [6.45, 7) is 13.1. The van der Waals surface area contributed by atoms with E-state index >= 15 is 0 Å². The minimum Gasteiger partial charge on any atom is -1.00 e. The van der Waals surface area contributed by atoms with Gasteiger partial charge >= 0.3 is 89.5 Å². The molecule has 0 amide bonds. The van der Waals surface area contributed by atoms with Gasteiger partial charge < -0.3 is 204 Å². The average molecular weight is 2400 g/mol. The van der Waals surface area contributed by atoms with Crippen LogP contribution in [0.15, 0.2) is 111 Å². The molecule has 0 bridgehead atoms. The summed E-state index contributed by atoms with van der Waals surface area (Å²) >= 11 is 0. The third-order valence-electron chi connectivity index (χ3n) is 8.34. The van der Waals surface area contributed by atoms with Gasteiger partial charge in [-0.1, -0.05) is 65.5 Å². The Labute approximate surface area is 570 Å². The normalized spacial score (nSPS) is 8.31. The molecular weight excluding hydrogens is 2340 g/mol. The van der Waals surface area contributed by atoms with Gasteiger partial charge in [0.05, 0.1) is 26.2 Å². The molecule has 6 rings (SSSR count). The van der Waals surface area contributed by atoms with Crippen molar-refractivity contribution < 1.29 is 312 Å². The number of aromatic nitrogens is 10. The summed E-state index contributed by atoms with van der Waals surface area (Å²) in [5, 5.41) is 0. The Morgan fingerprint density at radius 3 is 0.719 bits per heavy atom. The standard InChI is InChI=1S/2C19H27N5.4Au.12BrH/c2*1-3-5-10-21-12-14-23(16-21)18-8-7-9-19(20-18)24-15-13-22(17-24)11-6-4-2;;;;;;;;;;;;;;;;/h2*7-9,12-17H,3-6,10-11H2,1-2H3;;;;;12*1H/q2*+2;2*+1;2*+3;;;;;;;;;;;;/p-12. The van der Waals surface area contributed by atoms with Gasteiger partial charge in [0, 0.05) is 24.3 Å². The zero-order valence-corrected chi connectivity index (χ0v) is 62.8. The molecule has 6 aromatic rings. The van der Waals surface area contributed by atoms with Gasteiger partial charge in [0.1, 0.15) is 49.6 Å². The van der Waals surface area contributed by atoms with Crippen LogP contribution >= 0.6 is 0 Å². The van der Waals surface area contributed by atoms with Gasteiger partial charge in [0.25, 0.3) is 0 Å². The van der Waals surface area contributed by atoms with Crippen molar-refractivity contribution in [1.82, 2.24) is 28.2 Å². The van der Waals surface area contributed by atoms with E-state index in [1.54, 1.807) is 0 Å². The van der Waals surface area contributed by atoms with Crippen molar-refractivity contribution in [2.45, 2.75) is 105 Å². The molecule has 6 aromatic heterocycles. The Hall–Kier alpha value is 3.86. The second-order valence-electron chi connectivity index (χ2n) is 12.4. The van der Waals surface area contributed by atoms with Crippen LogP contribution in [0.2, 0.25) is 0 Å². The number of aryl methyl sites for hydroxylation is 4. The SMILES string of the molecule is CCCC[n+]1ccn(-c2cccc(-n3cc[n+](CCCC)c3)n2)c1.CCCC[n+]1ccn(-c2cccc(-n3cc[n+](CCCC)c3)n2)c1.[Au+3].[Au+3].[Au+].[Au+].[Br-].[Br-].[Br-].[Br-].[Br-].[Br-].[Br-].[Br-].[Br-].[Br-].[Br-].[Br-]. The van der Waals surface area contributed by atoms with Gasteiger partial charge in [0.15, 0.2) is 0 Å². The number of unbranched alkanes of at least 4 members (excludes halogenated alkanes) is 4. The number of rotatable bonds is 16. The molecular formula is C38H54Au4Br12N10. The van der Waals surface area contributed by atoms with E-state index in [-0.39, 0.29) is 293 Å². The van der Waals surface area contributed by atoms with Crippen LogP contribution in [-0.4, -0.2) is 28.2 Å². The Balaban J connectivity index is -0.0000000676. The second kappa shape index (κ2) is 56.2. The van der Waals surface area contributed by atoms with Crippen LogP contribution in [0.5, 0.6) is 0 Å². The van der Waals surface area contributed by atoms with E-state index in [9.17, 15) is 0 Å².